The minimum absolute atomic E-state index is 0.279. The summed E-state index contributed by atoms with van der Waals surface area (Å²) in [5.41, 5.74) is 3.58. The number of nitrogen functional groups attached to an aromatic ring is 1. The van der Waals surface area contributed by atoms with Gasteiger partial charge in [-0.1, -0.05) is 12.1 Å². The van der Waals surface area contributed by atoms with Crippen LogP contribution in [0.15, 0.2) is 42.6 Å². The molecule has 8 heteroatoms. The standard InChI is InChI=1S/C21H26N6OS/c22-24-21(28)16-7-5-10-23-18(16)8-3-4-11-26-12-14-27(15-13-26)20-17-6-1-2-9-19(17)29-25-20/h1-2,5-7,9-10H,3-4,8,11-15,22H2,(H,24,28). The second-order valence-electron chi connectivity index (χ2n) is 7.26. The van der Waals surface area contributed by atoms with Crippen LogP contribution >= 0.6 is 11.5 Å². The first-order valence-corrected chi connectivity index (χ1v) is 10.8. The van der Waals surface area contributed by atoms with Gasteiger partial charge in [0.1, 0.15) is 5.82 Å². The molecule has 0 bridgehead atoms. The summed E-state index contributed by atoms with van der Waals surface area (Å²) in [5, 5.41) is 1.26. The van der Waals surface area contributed by atoms with Gasteiger partial charge in [0.2, 0.25) is 0 Å². The number of carbonyl (C=O) groups excluding carboxylic acids is 1. The van der Waals surface area contributed by atoms with Gasteiger partial charge in [-0.15, -0.1) is 0 Å². The van der Waals surface area contributed by atoms with E-state index in [4.69, 9.17) is 5.84 Å². The molecular formula is C21H26N6OS. The maximum Gasteiger partial charge on any atom is 0.267 e. The van der Waals surface area contributed by atoms with E-state index in [0.717, 1.165) is 63.5 Å². The number of nitrogens with one attached hydrogen (secondary N) is 1. The number of nitrogens with two attached hydrogens (primary N) is 1. The number of aromatic nitrogens is 2. The lowest BCUT2D eigenvalue weighted by molar-refractivity contribution is 0.0952. The zero-order valence-electron chi connectivity index (χ0n) is 16.4. The van der Waals surface area contributed by atoms with Crippen LogP contribution < -0.4 is 16.2 Å². The van der Waals surface area contributed by atoms with Crippen molar-refractivity contribution in [2.24, 2.45) is 5.84 Å². The van der Waals surface area contributed by atoms with Crippen LogP contribution in [0.25, 0.3) is 10.1 Å². The minimum Gasteiger partial charge on any atom is -0.353 e. The molecule has 2 aromatic heterocycles. The Morgan fingerprint density at radius 1 is 1.10 bits per heavy atom. The lowest BCUT2D eigenvalue weighted by Crippen LogP contribution is -2.46. The van der Waals surface area contributed by atoms with Crippen molar-refractivity contribution in [3.8, 4) is 0 Å². The van der Waals surface area contributed by atoms with Gasteiger partial charge >= 0.3 is 0 Å². The molecule has 0 spiro atoms. The molecule has 3 aromatic rings. The number of aryl methyl sites for hydroxylation is 1. The molecule has 4 rings (SSSR count). The predicted molar refractivity (Wildman–Crippen MR) is 117 cm³/mol. The number of pyridine rings is 1. The molecule has 1 aliphatic heterocycles. The van der Waals surface area contributed by atoms with Crippen molar-refractivity contribution < 1.29 is 4.79 Å². The number of hydrazine groups is 1. The van der Waals surface area contributed by atoms with Crippen LogP contribution in [-0.2, 0) is 6.42 Å². The Morgan fingerprint density at radius 3 is 2.76 bits per heavy atom. The lowest BCUT2D eigenvalue weighted by Gasteiger charge is -2.35. The molecule has 29 heavy (non-hydrogen) atoms. The molecule has 0 unspecified atom stereocenters. The van der Waals surface area contributed by atoms with Crippen LogP contribution in [0.3, 0.4) is 0 Å². The SMILES string of the molecule is NNC(=O)c1cccnc1CCCCN1CCN(c2nsc3ccccc23)CC1. The summed E-state index contributed by atoms with van der Waals surface area (Å²) in [5.74, 6) is 6.11. The molecule has 1 aromatic carbocycles. The largest absolute Gasteiger partial charge is 0.353 e. The van der Waals surface area contributed by atoms with Crippen molar-refractivity contribution in [3.63, 3.8) is 0 Å². The van der Waals surface area contributed by atoms with E-state index in [2.05, 4.69) is 48.8 Å². The van der Waals surface area contributed by atoms with E-state index in [1.807, 2.05) is 0 Å². The number of piperazine rings is 1. The fourth-order valence-corrected chi connectivity index (χ4v) is 4.63. The highest BCUT2D eigenvalue weighted by Gasteiger charge is 2.20. The summed E-state index contributed by atoms with van der Waals surface area (Å²) in [6, 6.07) is 12.0. The van der Waals surface area contributed by atoms with E-state index in [-0.39, 0.29) is 5.91 Å². The van der Waals surface area contributed by atoms with Gasteiger partial charge in [-0.25, -0.2) is 5.84 Å². The Bertz CT molecular complexity index is 966. The quantitative estimate of drug-likeness (QED) is 0.269. The van der Waals surface area contributed by atoms with E-state index in [9.17, 15) is 4.79 Å². The molecule has 152 valence electrons. The van der Waals surface area contributed by atoms with Crippen LogP contribution in [0.5, 0.6) is 0 Å². The number of hydrogen-bond acceptors (Lipinski definition) is 7. The Hall–Kier alpha value is -2.55. The van der Waals surface area contributed by atoms with Crippen LogP contribution in [0, 0.1) is 0 Å². The van der Waals surface area contributed by atoms with E-state index in [1.165, 1.54) is 10.1 Å². The van der Waals surface area contributed by atoms with Crippen molar-refractivity contribution in [2.45, 2.75) is 19.3 Å². The molecule has 1 amide bonds. The molecule has 1 fully saturated rings. The fourth-order valence-electron chi connectivity index (χ4n) is 3.83. The van der Waals surface area contributed by atoms with E-state index < -0.39 is 0 Å². The molecule has 7 nitrogen and oxygen atoms in total. The topological polar surface area (TPSA) is 87.4 Å². The second kappa shape index (κ2) is 9.30. The van der Waals surface area contributed by atoms with Crippen LogP contribution in [0.4, 0.5) is 5.82 Å². The number of unbranched alkanes of at least 4 members (excludes halogenated alkanes) is 1. The van der Waals surface area contributed by atoms with E-state index in [1.54, 1.807) is 29.9 Å². The van der Waals surface area contributed by atoms with Gasteiger partial charge in [0, 0.05) is 37.8 Å². The summed E-state index contributed by atoms with van der Waals surface area (Å²) >= 11 is 1.58. The number of benzene rings is 1. The number of amides is 1. The fraction of sp³-hybridized carbons (Fsp3) is 0.381. The predicted octanol–water partition coefficient (Wildman–Crippen LogP) is 2.44. The maximum absolute atomic E-state index is 11.8. The number of anilines is 1. The van der Waals surface area contributed by atoms with Gasteiger partial charge in [0.05, 0.1) is 16.0 Å². The molecule has 3 N–H and O–H groups in total. The zero-order valence-corrected chi connectivity index (χ0v) is 17.2. The Labute approximate surface area is 174 Å². The highest BCUT2D eigenvalue weighted by Crippen LogP contribution is 2.29. The van der Waals surface area contributed by atoms with E-state index in [0.29, 0.717) is 5.56 Å². The van der Waals surface area contributed by atoms with Crippen LogP contribution in [-0.4, -0.2) is 52.9 Å². The lowest BCUT2D eigenvalue weighted by atomic mass is 10.1. The maximum atomic E-state index is 11.8. The smallest absolute Gasteiger partial charge is 0.267 e. The van der Waals surface area contributed by atoms with Gasteiger partial charge in [-0.05, 0) is 61.6 Å². The van der Waals surface area contributed by atoms with Gasteiger partial charge in [-0.3, -0.25) is 20.1 Å². The third-order valence-electron chi connectivity index (χ3n) is 5.43. The summed E-state index contributed by atoms with van der Waals surface area (Å²) in [4.78, 5) is 21.1. The summed E-state index contributed by atoms with van der Waals surface area (Å²) < 4.78 is 5.94. The van der Waals surface area contributed by atoms with Crippen molar-refractivity contribution in [3.05, 3.63) is 53.9 Å². The Balaban J connectivity index is 1.23. The Morgan fingerprint density at radius 2 is 1.93 bits per heavy atom. The summed E-state index contributed by atoms with van der Waals surface area (Å²) in [7, 11) is 0. The molecule has 0 atom stereocenters. The van der Waals surface area contributed by atoms with Crippen LogP contribution in [0.1, 0.15) is 28.9 Å². The molecule has 1 saturated heterocycles. The molecule has 1 aliphatic rings. The highest BCUT2D eigenvalue weighted by molar-refractivity contribution is 7.13. The minimum atomic E-state index is -0.279. The average molecular weight is 411 g/mol. The number of nitrogens with zero attached hydrogens (tertiary/aromatic N) is 4. The third-order valence-corrected chi connectivity index (χ3v) is 6.25. The van der Waals surface area contributed by atoms with Gasteiger partial charge < -0.3 is 4.90 Å². The van der Waals surface area contributed by atoms with Crippen molar-refractivity contribution in [1.29, 1.82) is 0 Å². The van der Waals surface area contributed by atoms with Crippen molar-refractivity contribution in [1.82, 2.24) is 19.7 Å². The third kappa shape index (κ3) is 4.55. The first-order valence-electron chi connectivity index (χ1n) is 10.0. The number of rotatable bonds is 7. The second-order valence-corrected chi connectivity index (χ2v) is 8.06. The molecule has 3 heterocycles. The summed E-state index contributed by atoms with van der Waals surface area (Å²) in [6.07, 6.45) is 4.59. The van der Waals surface area contributed by atoms with Crippen molar-refractivity contribution in [2.75, 3.05) is 37.6 Å². The monoisotopic (exact) mass is 410 g/mol. The van der Waals surface area contributed by atoms with Crippen LogP contribution in [0.2, 0.25) is 0 Å². The normalized spacial score (nSPS) is 15.0. The van der Waals surface area contributed by atoms with Gasteiger partial charge in [0.25, 0.3) is 5.91 Å². The Kier molecular flexibility index (Phi) is 6.33. The molecule has 0 saturated carbocycles. The zero-order chi connectivity index (χ0) is 20.1. The van der Waals surface area contributed by atoms with Crippen molar-refractivity contribution >= 4 is 33.3 Å². The molecular weight excluding hydrogens is 384 g/mol. The highest BCUT2D eigenvalue weighted by atomic mass is 32.1. The molecule has 0 radical (unpaired) electrons. The average Bonchev–Trinajstić information content (AvgIpc) is 3.21. The van der Waals surface area contributed by atoms with Gasteiger partial charge in [0.15, 0.2) is 0 Å². The first kappa shape index (κ1) is 19.8. The van der Waals surface area contributed by atoms with Gasteiger partial charge in [-0.2, -0.15) is 4.37 Å². The first-order chi connectivity index (χ1) is 14.3. The number of hydrogen-bond donors (Lipinski definition) is 2. The number of fused-ring (bicyclic) bond motifs is 1. The number of carbonyl (C=O) groups is 1. The summed E-state index contributed by atoms with van der Waals surface area (Å²) in [6.45, 7) is 5.19. The van der Waals surface area contributed by atoms with E-state index >= 15 is 0 Å². The molecule has 0 aliphatic carbocycles.